The molecule has 1 heterocycles. The molecule has 1 aromatic carbocycles. The molecule has 0 saturated carbocycles. The van der Waals surface area contributed by atoms with Gasteiger partial charge in [0.25, 0.3) is 0 Å². The van der Waals surface area contributed by atoms with Crippen LogP contribution in [0.3, 0.4) is 0 Å². The average Bonchev–Trinajstić information content (AvgIpc) is 2.50. The van der Waals surface area contributed by atoms with E-state index in [1.54, 1.807) is 0 Å². The Bertz CT molecular complexity index is 458. The molecule has 4 heteroatoms. The van der Waals surface area contributed by atoms with Gasteiger partial charge >= 0.3 is 0 Å². The molecule has 116 valence electrons. The maximum absolute atomic E-state index is 11.3. The minimum Gasteiger partial charge on any atom is -0.387 e. The van der Waals surface area contributed by atoms with Crippen LogP contribution in [0, 0.1) is 0 Å². The van der Waals surface area contributed by atoms with Gasteiger partial charge in [0.1, 0.15) is 0 Å². The van der Waals surface area contributed by atoms with E-state index in [2.05, 4.69) is 17.1 Å². The summed E-state index contributed by atoms with van der Waals surface area (Å²) in [6.07, 6.45) is 3.73. The number of carbonyl (C=O) groups is 1. The van der Waals surface area contributed by atoms with Gasteiger partial charge in [0.15, 0.2) is 0 Å². The SMILES string of the molecule is CCC(=O)Nc1ccc(C(O)CN2CCCCC2C)cc1. The standard InChI is InChI=1S/C17H26N2O2/c1-3-17(21)18-15-9-7-14(8-10-15)16(20)12-19-11-5-4-6-13(19)2/h7-10,13,16,20H,3-6,11-12H2,1-2H3,(H,18,21). The van der Waals surface area contributed by atoms with Crippen LogP contribution >= 0.6 is 0 Å². The fraction of sp³-hybridized carbons (Fsp3) is 0.588. The molecular formula is C17H26N2O2. The third kappa shape index (κ3) is 4.55. The molecule has 0 radical (unpaired) electrons. The first-order chi connectivity index (χ1) is 10.1. The van der Waals surface area contributed by atoms with Gasteiger partial charge in [-0.25, -0.2) is 0 Å². The van der Waals surface area contributed by atoms with E-state index in [0.29, 0.717) is 19.0 Å². The van der Waals surface area contributed by atoms with E-state index < -0.39 is 6.10 Å². The van der Waals surface area contributed by atoms with E-state index in [0.717, 1.165) is 17.8 Å². The Morgan fingerprint density at radius 1 is 1.38 bits per heavy atom. The molecule has 2 N–H and O–H groups in total. The number of carbonyl (C=O) groups excluding carboxylic acids is 1. The van der Waals surface area contributed by atoms with Crippen molar-refractivity contribution >= 4 is 11.6 Å². The van der Waals surface area contributed by atoms with Crippen molar-refractivity contribution in [2.75, 3.05) is 18.4 Å². The number of hydrogen-bond donors (Lipinski definition) is 2. The lowest BCUT2D eigenvalue weighted by Crippen LogP contribution is -2.40. The van der Waals surface area contributed by atoms with Gasteiger partial charge in [0.05, 0.1) is 6.10 Å². The molecule has 21 heavy (non-hydrogen) atoms. The lowest BCUT2D eigenvalue weighted by atomic mass is 10.0. The van der Waals surface area contributed by atoms with Gasteiger partial charge in [-0.2, -0.15) is 0 Å². The number of nitrogens with one attached hydrogen (secondary N) is 1. The minimum absolute atomic E-state index is 0.00504. The van der Waals surface area contributed by atoms with Gasteiger partial charge in [-0.15, -0.1) is 0 Å². The fourth-order valence-corrected chi connectivity index (χ4v) is 2.79. The highest BCUT2D eigenvalue weighted by Gasteiger charge is 2.21. The van der Waals surface area contributed by atoms with E-state index >= 15 is 0 Å². The van der Waals surface area contributed by atoms with Gasteiger partial charge in [-0.3, -0.25) is 9.69 Å². The summed E-state index contributed by atoms with van der Waals surface area (Å²) in [5.74, 6) is 0.00504. The molecule has 4 nitrogen and oxygen atoms in total. The van der Waals surface area contributed by atoms with Crippen LogP contribution in [0.5, 0.6) is 0 Å². The molecule has 2 unspecified atom stereocenters. The number of β-amino-alcohol motifs (C(OH)–C–C–N with tert-alkyl or cyclic N) is 1. The summed E-state index contributed by atoms with van der Waals surface area (Å²) < 4.78 is 0. The summed E-state index contributed by atoms with van der Waals surface area (Å²) in [6, 6.07) is 8.04. The number of amides is 1. The van der Waals surface area contributed by atoms with Crippen molar-refractivity contribution in [1.29, 1.82) is 0 Å². The lowest BCUT2D eigenvalue weighted by Gasteiger charge is -2.34. The molecular weight excluding hydrogens is 264 g/mol. The van der Waals surface area contributed by atoms with E-state index in [4.69, 9.17) is 0 Å². The van der Waals surface area contributed by atoms with Crippen LogP contribution < -0.4 is 5.32 Å². The molecule has 0 bridgehead atoms. The summed E-state index contributed by atoms with van der Waals surface area (Å²) in [7, 11) is 0. The zero-order valence-corrected chi connectivity index (χ0v) is 13.0. The second kappa shape index (κ2) is 7.57. The fourth-order valence-electron chi connectivity index (χ4n) is 2.79. The number of nitrogens with zero attached hydrogens (tertiary/aromatic N) is 1. The average molecular weight is 290 g/mol. The summed E-state index contributed by atoms with van der Waals surface area (Å²) in [4.78, 5) is 13.7. The van der Waals surface area contributed by atoms with Gasteiger partial charge < -0.3 is 10.4 Å². The largest absolute Gasteiger partial charge is 0.387 e. The molecule has 0 aromatic heterocycles. The number of likely N-dealkylation sites (tertiary alicyclic amines) is 1. The third-order valence-corrected chi connectivity index (χ3v) is 4.25. The second-order valence-corrected chi connectivity index (χ2v) is 5.88. The van der Waals surface area contributed by atoms with Crippen LogP contribution in [0.15, 0.2) is 24.3 Å². The summed E-state index contributed by atoms with van der Waals surface area (Å²) in [5, 5.41) is 13.2. The number of aliphatic hydroxyl groups is 1. The predicted molar refractivity (Wildman–Crippen MR) is 85.2 cm³/mol. The Balaban J connectivity index is 1.93. The first-order valence-corrected chi connectivity index (χ1v) is 7.92. The number of rotatable bonds is 5. The van der Waals surface area contributed by atoms with E-state index in [1.165, 1.54) is 19.3 Å². The van der Waals surface area contributed by atoms with Gasteiger partial charge in [-0.05, 0) is 44.0 Å². The molecule has 2 atom stereocenters. The van der Waals surface area contributed by atoms with Crippen molar-refractivity contribution in [3.05, 3.63) is 29.8 Å². The van der Waals surface area contributed by atoms with Gasteiger partial charge in [0.2, 0.25) is 5.91 Å². The Morgan fingerprint density at radius 3 is 2.71 bits per heavy atom. The lowest BCUT2D eigenvalue weighted by molar-refractivity contribution is -0.115. The molecule has 0 spiro atoms. The maximum Gasteiger partial charge on any atom is 0.224 e. The van der Waals surface area contributed by atoms with Gasteiger partial charge in [0, 0.05) is 24.7 Å². The van der Waals surface area contributed by atoms with E-state index in [1.807, 2.05) is 31.2 Å². The van der Waals surface area contributed by atoms with Crippen molar-refractivity contribution in [3.8, 4) is 0 Å². The second-order valence-electron chi connectivity index (χ2n) is 5.88. The Hall–Kier alpha value is -1.39. The summed E-state index contributed by atoms with van der Waals surface area (Å²) in [5.41, 5.74) is 1.69. The number of piperidine rings is 1. The van der Waals surface area contributed by atoms with Crippen LogP contribution in [0.2, 0.25) is 0 Å². The van der Waals surface area contributed by atoms with Crippen molar-refractivity contribution < 1.29 is 9.90 Å². The first kappa shape index (κ1) is 16.0. The molecule has 0 aliphatic carbocycles. The number of anilines is 1. The first-order valence-electron chi connectivity index (χ1n) is 7.92. The topological polar surface area (TPSA) is 52.6 Å². The number of benzene rings is 1. The van der Waals surface area contributed by atoms with Crippen molar-refractivity contribution in [3.63, 3.8) is 0 Å². The highest BCUT2D eigenvalue weighted by molar-refractivity contribution is 5.90. The smallest absolute Gasteiger partial charge is 0.224 e. The van der Waals surface area contributed by atoms with E-state index in [9.17, 15) is 9.90 Å². The van der Waals surface area contributed by atoms with Crippen LogP contribution in [0.1, 0.15) is 51.2 Å². The zero-order chi connectivity index (χ0) is 15.2. The Kier molecular flexibility index (Phi) is 5.76. The third-order valence-electron chi connectivity index (χ3n) is 4.25. The number of hydrogen-bond acceptors (Lipinski definition) is 3. The quantitative estimate of drug-likeness (QED) is 0.876. The van der Waals surface area contributed by atoms with Crippen LogP contribution in [-0.2, 0) is 4.79 Å². The molecule has 1 aliphatic rings. The van der Waals surface area contributed by atoms with Crippen LogP contribution in [0.25, 0.3) is 0 Å². The zero-order valence-electron chi connectivity index (χ0n) is 13.0. The minimum atomic E-state index is -0.471. The molecule has 1 aliphatic heterocycles. The molecule has 1 amide bonds. The highest BCUT2D eigenvalue weighted by atomic mass is 16.3. The molecule has 2 rings (SSSR count). The summed E-state index contributed by atoms with van der Waals surface area (Å²) >= 11 is 0. The van der Waals surface area contributed by atoms with Crippen molar-refractivity contribution in [2.45, 2.75) is 51.7 Å². The van der Waals surface area contributed by atoms with Crippen molar-refractivity contribution in [1.82, 2.24) is 4.90 Å². The molecule has 1 aromatic rings. The highest BCUT2D eigenvalue weighted by Crippen LogP contribution is 2.22. The molecule has 1 saturated heterocycles. The van der Waals surface area contributed by atoms with Crippen LogP contribution in [0.4, 0.5) is 5.69 Å². The van der Waals surface area contributed by atoms with E-state index in [-0.39, 0.29) is 5.91 Å². The Labute approximate surface area is 127 Å². The normalized spacial score (nSPS) is 21.0. The Morgan fingerprint density at radius 2 is 2.10 bits per heavy atom. The summed E-state index contributed by atoms with van der Waals surface area (Å²) in [6.45, 7) is 5.81. The maximum atomic E-state index is 11.3. The van der Waals surface area contributed by atoms with Gasteiger partial charge in [-0.1, -0.05) is 25.5 Å². The number of aliphatic hydroxyl groups excluding tert-OH is 1. The monoisotopic (exact) mass is 290 g/mol. The van der Waals surface area contributed by atoms with Crippen molar-refractivity contribution in [2.24, 2.45) is 0 Å². The molecule has 1 fully saturated rings. The predicted octanol–water partition coefficient (Wildman–Crippen LogP) is 2.94. The van der Waals surface area contributed by atoms with Crippen LogP contribution in [-0.4, -0.2) is 35.0 Å².